The molecule has 138 valence electrons. The summed E-state index contributed by atoms with van der Waals surface area (Å²) >= 11 is 0. The summed E-state index contributed by atoms with van der Waals surface area (Å²) < 4.78 is 12.1. The number of nitrogens with zero attached hydrogens (tertiary/aromatic N) is 3. The molecule has 0 aromatic carbocycles. The number of hydrogen-bond acceptors (Lipinski definition) is 7. The van der Waals surface area contributed by atoms with E-state index in [1.807, 2.05) is 27.7 Å². The molecule has 0 saturated carbocycles. The first-order valence-electron chi connectivity index (χ1n) is 9.10. The van der Waals surface area contributed by atoms with Gasteiger partial charge in [-0.15, -0.1) is 0 Å². The average molecular weight is 348 g/mol. The van der Waals surface area contributed by atoms with Gasteiger partial charge in [-0.25, -0.2) is 9.97 Å². The Balaban J connectivity index is 1.66. The van der Waals surface area contributed by atoms with Gasteiger partial charge in [0, 0.05) is 43.5 Å². The van der Waals surface area contributed by atoms with E-state index in [1.165, 1.54) is 0 Å². The molecule has 0 aliphatic carbocycles. The summed E-state index contributed by atoms with van der Waals surface area (Å²) in [5.41, 5.74) is 0.111. The third-order valence-electron chi connectivity index (χ3n) is 5.49. The monoisotopic (exact) mass is 348 g/mol. The van der Waals surface area contributed by atoms with Gasteiger partial charge in [-0.3, -0.25) is 0 Å². The van der Waals surface area contributed by atoms with Crippen molar-refractivity contribution in [2.24, 2.45) is 0 Å². The van der Waals surface area contributed by atoms with E-state index >= 15 is 0 Å². The summed E-state index contributed by atoms with van der Waals surface area (Å²) in [7, 11) is -0.431. The van der Waals surface area contributed by atoms with E-state index in [0.29, 0.717) is 12.6 Å². The highest BCUT2D eigenvalue weighted by molar-refractivity contribution is 6.61. The predicted octanol–water partition coefficient (Wildman–Crippen LogP) is 0.327. The molecule has 2 aliphatic heterocycles. The molecular weight excluding hydrogens is 319 g/mol. The van der Waals surface area contributed by atoms with Crippen molar-refractivity contribution >= 4 is 18.5 Å². The maximum Gasteiger partial charge on any atom is 0.498 e. The molecule has 0 bridgehead atoms. The van der Waals surface area contributed by atoms with Crippen LogP contribution in [-0.4, -0.2) is 65.7 Å². The fourth-order valence-corrected chi connectivity index (χ4v) is 3.24. The topological polar surface area (TPSA) is 79.7 Å². The van der Waals surface area contributed by atoms with Crippen molar-refractivity contribution in [1.82, 2.24) is 15.3 Å². The fraction of sp³-hybridized carbons (Fsp3) is 0.765. The van der Waals surface area contributed by atoms with E-state index in [4.69, 9.17) is 14.4 Å². The van der Waals surface area contributed by atoms with Gasteiger partial charge in [0.25, 0.3) is 0 Å². The molecule has 0 radical (unpaired) electrons. The molecule has 1 aromatic rings. The van der Waals surface area contributed by atoms with Crippen LogP contribution in [0, 0.1) is 0 Å². The molecule has 2 fully saturated rings. The van der Waals surface area contributed by atoms with E-state index in [-0.39, 0.29) is 17.8 Å². The van der Waals surface area contributed by atoms with Crippen LogP contribution in [0.1, 0.15) is 40.5 Å². The molecule has 25 heavy (non-hydrogen) atoms. The minimum Gasteiger partial charge on any atom is -0.399 e. The number of anilines is 1. The molecule has 2 N–H and O–H groups in total. The average Bonchev–Trinajstić information content (AvgIpc) is 3.10. The highest BCUT2D eigenvalue weighted by atomic mass is 16.7. The number of aliphatic hydroxyl groups is 1. The fourth-order valence-electron chi connectivity index (χ4n) is 3.24. The van der Waals surface area contributed by atoms with Gasteiger partial charge in [-0.1, -0.05) is 0 Å². The van der Waals surface area contributed by atoms with Crippen LogP contribution in [0.4, 0.5) is 5.95 Å². The Kier molecular flexibility index (Phi) is 5.34. The number of nitrogens with one attached hydrogen (secondary N) is 1. The molecule has 2 aliphatic rings. The normalized spacial score (nSPS) is 24.9. The Hall–Kier alpha value is -1.22. The predicted molar refractivity (Wildman–Crippen MR) is 98.1 cm³/mol. The molecule has 2 saturated heterocycles. The lowest BCUT2D eigenvalue weighted by Gasteiger charge is -2.32. The van der Waals surface area contributed by atoms with E-state index < -0.39 is 7.12 Å². The van der Waals surface area contributed by atoms with Gasteiger partial charge < -0.3 is 24.6 Å². The van der Waals surface area contributed by atoms with Gasteiger partial charge in [-0.05, 0) is 40.5 Å². The number of rotatable bonds is 6. The van der Waals surface area contributed by atoms with Crippen LogP contribution in [0.15, 0.2) is 12.4 Å². The summed E-state index contributed by atoms with van der Waals surface area (Å²) in [4.78, 5) is 11.3. The van der Waals surface area contributed by atoms with Crippen molar-refractivity contribution < 1.29 is 14.4 Å². The molecule has 1 aromatic heterocycles. The standard InChI is InChI=1S/C17H29BN4O3/c1-16(2)17(3,4)25-18(24-16)13-10-20-15(21-11-13)22-8-5-6-14(22)12-19-7-9-23/h10-11,14,19,23H,5-9,12H2,1-4H3/t14-/m1/s1. The molecule has 0 unspecified atom stereocenters. The van der Waals surface area contributed by atoms with Crippen LogP contribution in [0.3, 0.4) is 0 Å². The maximum absolute atomic E-state index is 8.91. The van der Waals surface area contributed by atoms with E-state index in [9.17, 15) is 0 Å². The smallest absolute Gasteiger partial charge is 0.399 e. The highest BCUT2D eigenvalue weighted by Crippen LogP contribution is 2.36. The third kappa shape index (κ3) is 3.82. The van der Waals surface area contributed by atoms with Gasteiger partial charge in [0.15, 0.2) is 0 Å². The van der Waals surface area contributed by atoms with Crippen molar-refractivity contribution in [3.8, 4) is 0 Å². The third-order valence-corrected chi connectivity index (χ3v) is 5.49. The molecular formula is C17H29BN4O3. The summed E-state index contributed by atoms with van der Waals surface area (Å²) in [6, 6.07) is 0.370. The SMILES string of the molecule is CC1(C)OB(c2cnc(N3CCC[C@@H]3CNCCO)nc2)OC1(C)C. The second-order valence-corrected chi connectivity index (χ2v) is 7.82. The Labute approximate surface area is 150 Å². The Morgan fingerprint density at radius 1 is 1.24 bits per heavy atom. The summed E-state index contributed by atoms with van der Waals surface area (Å²) in [5, 5.41) is 12.2. The lowest BCUT2D eigenvalue weighted by Crippen LogP contribution is -2.41. The second-order valence-electron chi connectivity index (χ2n) is 7.82. The largest absolute Gasteiger partial charge is 0.498 e. The van der Waals surface area contributed by atoms with Crippen molar-refractivity contribution in [2.45, 2.75) is 57.8 Å². The molecule has 8 heteroatoms. The number of aromatic nitrogens is 2. The molecule has 1 atom stereocenters. The van der Waals surface area contributed by atoms with Crippen molar-refractivity contribution in [1.29, 1.82) is 0 Å². The number of hydrogen-bond donors (Lipinski definition) is 2. The Bertz CT molecular complexity index is 566. The van der Waals surface area contributed by atoms with Crippen LogP contribution in [0.25, 0.3) is 0 Å². The van der Waals surface area contributed by atoms with Crippen LogP contribution >= 0.6 is 0 Å². The van der Waals surface area contributed by atoms with E-state index in [1.54, 1.807) is 12.4 Å². The van der Waals surface area contributed by atoms with Crippen molar-refractivity contribution in [2.75, 3.05) is 31.1 Å². The highest BCUT2D eigenvalue weighted by Gasteiger charge is 2.52. The first-order chi connectivity index (χ1) is 11.8. The maximum atomic E-state index is 8.91. The summed E-state index contributed by atoms with van der Waals surface area (Å²) in [5.74, 6) is 0.744. The molecule has 3 heterocycles. The first-order valence-corrected chi connectivity index (χ1v) is 9.10. The summed E-state index contributed by atoms with van der Waals surface area (Å²) in [6.07, 6.45) is 5.86. The second kappa shape index (κ2) is 7.19. The van der Waals surface area contributed by atoms with Crippen molar-refractivity contribution in [3.05, 3.63) is 12.4 Å². The Morgan fingerprint density at radius 2 is 1.88 bits per heavy atom. The first kappa shape index (κ1) is 18.6. The minimum atomic E-state index is -0.431. The van der Waals surface area contributed by atoms with Crippen LogP contribution in [0.5, 0.6) is 0 Å². The van der Waals surface area contributed by atoms with E-state index in [0.717, 1.165) is 37.3 Å². The molecule has 0 spiro atoms. The van der Waals surface area contributed by atoms with Crippen LogP contribution < -0.4 is 15.7 Å². The molecule has 7 nitrogen and oxygen atoms in total. The van der Waals surface area contributed by atoms with Crippen molar-refractivity contribution in [3.63, 3.8) is 0 Å². The lowest BCUT2D eigenvalue weighted by molar-refractivity contribution is 0.00578. The lowest BCUT2D eigenvalue weighted by atomic mass is 9.81. The zero-order chi connectivity index (χ0) is 18.1. The van der Waals surface area contributed by atoms with Gasteiger partial charge in [0.1, 0.15) is 0 Å². The van der Waals surface area contributed by atoms with Gasteiger partial charge in [0.2, 0.25) is 5.95 Å². The van der Waals surface area contributed by atoms with Gasteiger partial charge >= 0.3 is 7.12 Å². The zero-order valence-corrected chi connectivity index (χ0v) is 15.7. The van der Waals surface area contributed by atoms with E-state index in [2.05, 4.69) is 20.2 Å². The minimum absolute atomic E-state index is 0.159. The Morgan fingerprint density at radius 3 is 2.48 bits per heavy atom. The van der Waals surface area contributed by atoms with Crippen LogP contribution in [-0.2, 0) is 9.31 Å². The number of aliphatic hydroxyl groups excluding tert-OH is 1. The van der Waals surface area contributed by atoms with Gasteiger partial charge in [0.05, 0.1) is 17.8 Å². The van der Waals surface area contributed by atoms with Gasteiger partial charge in [-0.2, -0.15) is 0 Å². The zero-order valence-electron chi connectivity index (χ0n) is 15.7. The molecule has 3 rings (SSSR count). The molecule has 0 amide bonds. The van der Waals surface area contributed by atoms with Crippen LogP contribution in [0.2, 0.25) is 0 Å². The summed E-state index contributed by atoms with van der Waals surface area (Å²) in [6.45, 7) is 10.7. The quantitative estimate of drug-likeness (QED) is 0.566.